The Hall–Kier alpha value is -2.82. The lowest BCUT2D eigenvalue weighted by molar-refractivity contribution is -0.130. The summed E-state index contributed by atoms with van der Waals surface area (Å²) >= 11 is 12.3. The Kier molecular flexibility index (Phi) is 5.07. The van der Waals surface area contributed by atoms with Crippen molar-refractivity contribution < 1.29 is 9.59 Å². The Balaban J connectivity index is 1.79. The molecule has 0 bridgehead atoms. The van der Waals surface area contributed by atoms with E-state index in [0.29, 0.717) is 21.4 Å². The number of fused-ring (bicyclic) bond motifs is 1. The summed E-state index contributed by atoms with van der Waals surface area (Å²) in [5.41, 5.74) is 2.93. The maximum absolute atomic E-state index is 13.1. The van der Waals surface area contributed by atoms with Crippen molar-refractivity contribution in [2.45, 2.75) is 5.92 Å². The molecule has 2 amide bonds. The number of para-hydroxylation sites is 2. The number of amides is 2. The van der Waals surface area contributed by atoms with Gasteiger partial charge in [-0.1, -0.05) is 65.7 Å². The van der Waals surface area contributed by atoms with Gasteiger partial charge in [-0.25, -0.2) is 0 Å². The van der Waals surface area contributed by atoms with Crippen LogP contribution >= 0.6 is 23.2 Å². The molecule has 1 aliphatic rings. The van der Waals surface area contributed by atoms with Crippen molar-refractivity contribution in [2.24, 2.45) is 5.92 Å². The van der Waals surface area contributed by atoms with Gasteiger partial charge in [-0.05, 0) is 41.5 Å². The number of rotatable bonds is 3. The summed E-state index contributed by atoms with van der Waals surface area (Å²) in [5, 5.41) is 6.48. The zero-order valence-electron chi connectivity index (χ0n) is 14.7. The van der Waals surface area contributed by atoms with Gasteiger partial charge in [-0.2, -0.15) is 0 Å². The minimum absolute atomic E-state index is 0.358. The number of halogens is 2. The molecule has 6 heteroatoms. The summed E-state index contributed by atoms with van der Waals surface area (Å²) < 4.78 is 0. The monoisotopic (exact) mass is 410 g/mol. The molecule has 1 heterocycles. The van der Waals surface area contributed by atoms with Crippen molar-refractivity contribution in [3.63, 3.8) is 0 Å². The Morgan fingerprint density at radius 3 is 2.36 bits per heavy atom. The Morgan fingerprint density at radius 2 is 1.61 bits per heavy atom. The molecule has 0 spiro atoms. The van der Waals surface area contributed by atoms with Crippen LogP contribution in [0.4, 0.5) is 11.4 Å². The maximum atomic E-state index is 13.1. The van der Waals surface area contributed by atoms with E-state index >= 15 is 0 Å². The largest absolute Gasteiger partial charge is 0.325 e. The number of hydrogen-bond donors (Lipinski definition) is 2. The molecule has 0 aromatic heterocycles. The Bertz CT molecular complexity index is 1050. The van der Waals surface area contributed by atoms with E-state index in [0.717, 1.165) is 11.1 Å². The third-order valence-corrected chi connectivity index (χ3v) is 5.54. The van der Waals surface area contributed by atoms with Crippen LogP contribution in [0.15, 0.2) is 72.8 Å². The summed E-state index contributed by atoms with van der Waals surface area (Å²) in [6.07, 6.45) is 0. The molecule has 28 heavy (non-hydrogen) atoms. The smallest absolute Gasteiger partial charge is 0.237 e. The van der Waals surface area contributed by atoms with E-state index in [2.05, 4.69) is 10.6 Å². The molecule has 0 radical (unpaired) electrons. The molecule has 3 aromatic rings. The number of nitrogens with one attached hydrogen (secondary N) is 2. The average Bonchev–Trinajstić information content (AvgIpc) is 2.69. The molecular weight excluding hydrogens is 395 g/mol. The van der Waals surface area contributed by atoms with Crippen LogP contribution in [0.2, 0.25) is 10.0 Å². The second-order valence-electron chi connectivity index (χ2n) is 6.56. The highest BCUT2D eigenvalue weighted by Crippen LogP contribution is 2.42. The van der Waals surface area contributed by atoms with Gasteiger partial charge in [0.1, 0.15) is 5.92 Å². The highest BCUT2D eigenvalue weighted by Gasteiger charge is 2.41. The highest BCUT2D eigenvalue weighted by atomic mass is 35.5. The minimum atomic E-state index is -0.952. The highest BCUT2D eigenvalue weighted by molar-refractivity contribution is 6.42. The molecule has 0 fully saturated rings. The molecule has 0 unspecified atom stereocenters. The van der Waals surface area contributed by atoms with Crippen molar-refractivity contribution in [3.8, 4) is 0 Å². The molecule has 2 N–H and O–H groups in total. The van der Waals surface area contributed by atoms with Crippen LogP contribution in [0.25, 0.3) is 0 Å². The van der Waals surface area contributed by atoms with Gasteiger partial charge in [0.25, 0.3) is 0 Å². The van der Waals surface area contributed by atoms with E-state index in [-0.39, 0.29) is 11.8 Å². The van der Waals surface area contributed by atoms with Crippen molar-refractivity contribution >= 4 is 46.4 Å². The Morgan fingerprint density at radius 1 is 0.893 bits per heavy atom. The van der Waals surface area contributed by atoms with E-state index in [4.69, 9.17) is 23.2 Å². The molecular formula is C22H16Cl2N2O2. The SMILES string of the molecule is O=C(Nc1ccccc1)[C@@H]1C(=O)Nc2ccccc2[C@H]1c1ccc(Cl)c(Cl)c1. The number of carbonyl (C=O) groups excluding carboxylic acids is 2. The van der Waals surface area contributed by atoms with Gasteiger partial charge in [0.2, 0.25) is 11.8 Å². The molecule has 140 valence electrons. The third kappa shape index (κ3) is 3.49. The zero-order chi connectivity index (χ0) is 19.7. The number of hydrogen-bond acceptors (Lipinski definition) is 2. The lowest BCUT2D eigenvalue weighted by atomic mass is 9.76. The van der Waals surface area contributed by atoms with Gasteiger partial charge in [-0.3, -0.25) is 9.59 Å². The van der Waals surface area contributed by atoms with E-state index in [9.17, 15) is 9.59 Å². The first-order valence-corrected chi connectivity index (χ1v) is 9.51. The molecule has 4 nitrogen and oxygen atoms in total. The lowest BCUT2D eigenvalue weighted by Crippen LogP contribution is -2.42. The fraction of sp³-hybridized carbons (Fsp3) is 0.0909. The van der Waals surface area contributed by atoms with Gasteiger partial charge < -0.3 is 10.6 Å². The topological polar surface area (TPSA) is 58.2 Å². The van der Waals surface area contributed by atoms with E-state index < -0.39 is 11.8 Å². The van der Waals surface area contributed by atoms with Crippen LogP contribution in [-0.2, 0) is 9.59 Å². The second kappa shape index (κ2) is 7.66. The predicted octanol–water partition coefficient (Wildman–Crippen LogP) is 5.33. The van der Waals surface area contributed by atoms with Crippen LogP contribution in [0, 0.1) is 5.92 Å². The first-order chi connectivity index (χ1) is 13.5. The van der Waals surface area contributed by atoms with E-state index in [1.54, 1.807) is 30.3 Å². The van der Waals surface area contributed by atoms with Gasteiger partial charge in [0, 0.05) is 17.3 Å². The van der Waals surface area contributed by atoms with Gasteiger partial charge in [-0.15, -0.1) is 0 Å². The molecule has 1 aliphatic heterocycles. The molecule has 2 atom stereocenters. The summed E-state index contributed by atoms with van der Waals surface area (Å²) in [7, 11) is 0. The van der Waals surface area contributed by atoms with Crippen LogP contribution < -0.4 is 10.6 Å². The van der Waals surface area contributed by atoms with Crippen LogP contribution in [0.5, 0.6) is 0 Å². The Labute approximate surface area is 172 Å². The van der Waals surface area contributed by atoms with E-state index in [1.165, 1.54) is 0 Å². The van der Waals surface area contributed by atoms with Crippen LogP contribution in [0.1, 0.15) is 17.0 Å². The molecule has 0 saturated carbocycles. The molecule has 3 aromatic carbocycles. The van der Waals surface area contributed by atoms with Gasteiger partial charge >= 0.3 is 0 Å². The van der Waals surface area contributed by atoms with E-state index in [1.807, 2.05) is 42.5 Å². The molecule has 0 saturated heterocycles. The maximum Gasteiger partial charge on any atom is 0.237 e. The number of carbonyl (C=O) groups is 2. The zero-order valence-corrected chi connectivity index (χ0v) is 16.2. The molecule has 0 aliphatic carbocycles. The van der Waals surface area contributed by atoms with Gasteiger partial charge in [0.15, 0.2) is 0 Å². The first-order valence-electron chi connectivity index (χ1n) is 8.75. The fourth-order valence-electron chi connectivity index (χ4n) is 3.51. The number of anilines is 2. The standard InChI is InChI=1S/C22H16Cl2N2O2/c23-16-11-10-13(12-17(16)24)19-15-8-4-5-9-18(15)26-22(28)20(19)21(27)25-14-6-2-1-3-7-14/h1-12,19-20H,(H,25,27)(H,26,28)/t19-,20-/m1/s1. The van der Waals surface area contributed by atoms with Crippen molar-refractivity contribution in [2.75, 3.05) is 10.6 Å². The summed E-state index contributed by atoms with van der Waals surface area (Å²) in [5.74, 6) is -2.17. The normalized spacial score (nSPS) is 18.1. The summed E-state index contributed by atoms with van der Waals surface area (Å²) in [6.45, 7) is 0. The van der Waals surface area contributed by atoms with Crippen molar-refractivity contribution in [1.82, 2.24) is 0 Å². The third-order valence-electron chi connectivity index (χ3n) is 4.80. The average molecular weight is 411 g/mol. The van der Waals surface area contributed by atoms with Crippen LogP contribution in [0.3, 0.4) is 0 Å². The van der Waals surface area contributed by atoms with Gasteiger partial charge in [0.05, 0.1) is 10.0 Å². The second-order valence-corrected chi connectivity index (χ2v) is 7.38. The van der Waals surface area contributed by atoms with Crippen molar-refractivity contribution in [1.29, 1.82) is 0 Å². The summed E-state index contributed by atoms with van der Waals surface area (Å²) in [4.78, 5) is 26.0. The fourth-order valence-corrected chi connectivity index (χ4v) is 3.82. The predicted molar refractivity (Wildman–Crippen MR) is 112 cm³/mol. The molecule has 4 rings (SSSR count). The minimum Gasteiger partial charge on any atom is -0.325 e. The quantitative estimate of drug-likeness (QED) is 0.573. The number of benzene rings is 3. The van der Waals surface area contributed by atoms with Crippen molar-refractivity contribution in [3.05, 3.63) is 94.0 Å². The van der Waals surface area contributed by atoms with Crippen LogP contribution in [-0.4, -0.2) is 11.8 Å². The lowest BCUT2D eigenvalue weighted by Gasteiger charge is -2.32. The summed E-state index contributed by atoms with van der Waals surface area (Å²) in [6, 6.07) is 21.7. The first kappa shape index (κ1) is 18.5.